The first-order chi connectivity index (χ1) is 9.06. The molecule has 2 aromatic heterocycles. The average Bonchev–Trinajstić information content (AvgIpc) is 2.92. The number of halogens is 1. The van der Waals surface area contributed by atoms with Crippen molar-refractivity contribution in [1.29, 1.82) is 0 Å². The smallest absolute Gasteiger partial charge is 0.288 e. The number of aryl methyl sites for hydroxylation is 1. The maximum Gasteiger partial charge on any atom is 0.288 e. The first-order valence-electron chi connectivity index (χ1n) is 5.44. The molecule has 19 heavy (non-hydrogen) atoms. The molecule has 0 aliphatic carbocycles. The van der Waals surface area contributed by atoms with Crippen LogP contribution in [-0.4, -0.2) is 14.3 Å². The number of rotatable bonds is 2. The summed E-state index contributed by atoms with van der Waals surface area (Å²) in [6.45, 7) is 1.99. The molecule has 0 N–H and O–H groups in total. The van der Waals surface area contributed by atoms with Crippen LogP contribution in [0.25, 0.3) is 16.2 Å². The minimum absolute atomic E-state index is 0.104. The topological polar surface area (TPSA) is 60.4 Å². The highest BCUT2D eigenvalue weighted by atomic mass is 35.5. The number of imidazole rings is 1. The van der Waals surface area contributed by atoms with Gasteiger partial charge in [0.1, 0.15) is 5.02 Å². The standard InChI is InChI=1S/C12H8ClN3O2S/c1-7-6-19-12-14-10(5-15(7)12)8-2-3-9(13)11(4-8)16(17)18/h2-6H,1H3. The molecule has 2 heterocycles. The van der Waals surface area contributed by atoms with Crippen LogP contribution in [0.15, 0.2) is 29.8 Å². The molecule has 0 spiro atoms. The zero-order valence-corrected chi connectivity index (χ0v) is 11.4. The van der Waals surface area contributed by atoms with Gasteiger partial charge in [0, 0.05) is 28.9 Å². The zero-order valence-electron chi connectivity index (χ0n) is 9.83. The molecule has 0 fully saturated rings. The molecule has 0 radical (unpaired) electrons. The highest BCUT2D eigenvalue weighted by Crippen LogP contribution is 2.30. The van der Waals surface area contributed by atoms with Crippen LogP contribution in [0.4, 0.5) is 5.69 Å². The van der Waals surface area contributed by atoms with Gasteiger partial charge >= 0.3 is 0 Å². The van der Waals surface area contributed by atoms with E-state index in [1.807, 2.05) is 22.9 Å². The van der Waals surface area contributed by atoms with Crippen molar-refractivity contribution in [2.24, 2.45) is 0 Å². The Morgan fingerprint density at radius 1 is 1.47 bits per heavy atom. The summed E-state index contributed by atoms with van der Waals surface area (Å²) < 4.78 is 1.96. The molecule has 96 valence electrons. The van der Waals surface area contributed by atoms with Crippen molar-refractivity contribution in [2.45, 2.75) is 6.92 Å². The molecule has 0 saturated heterocycles. The van der Waals surface area contributed by atoms with E-state index in [4.69, 9.17) is 11.6 Å². The molecule has 3 rings (SSSR count). The van der Waals surface area contributed by atoms with Gasteiger partial charge in [-0.15, -0.1) is 11.3 Å². The Kier molecular flexibility index (Phi) is 2.76. The number of benzene rings is 1. The van der Waals surface area contributed by atoms with E-state index in [1.54, 1.807) is 6.07 Å². The summed E-state index contributed by atoms with van der Waals surface area (Å²) in [5.41, 5.74) is 2.37. The predicted molar refractivity (Wildman–Crippen MR) is 74.9 cm³/mol. The Balaban J connectivity index is 2.15. The lowest BCUT2D eigenvalue weighted by atomic mass is 10.1. The minimum Gasteiger partial charge on any atom is -0.294 e. The number of hydrogen-bond donors (Lipinski definition) is 0. The molecule has 0 saturated carbocycles. The third-order valence-corrected chi connectivity index (χ3v) is 4.10. The van der Waals surface area contributed by atoms with Crippen LogP contribution in [0.1, 0.15) is 5.69 Å². The molecule has 1 aromatic carbocycles. The predicted octanol–water partition coefficient (Wildman–Crippen LogP) is 3.93. The summed E-state index contributed by atoms with van der Waals surface area (Å²) in [4.78, 5) is 15.7. The van der Waals surface area contributed by atoms with E-state index in [-0.39, 0.29) is 10.7 Å². The van der Waals surface area contributed by atoms with E-state index in [9.17, 15) is 10.1 Å². The maximum atomic E-state index is 10.9. The van der Waals surface area contributed by atoms with Gasteiger partial charge in [0.25, 0.3) is 5.69 Å². The number of nitro benzene ring substituents is 1. The summed E-state index contributed by atoms with van der Waals surface area (Å²) >= 11 is 7.33. The van der Waals surface area contributed by atoms with Crippen molar-refractivity contribution in [2.75, 3.05) is 0 Å². The van der Waals surface area contributed by atoms with Crippen molar-refractivity contribution in [3.63, 3.8) is 0 Å². The first-order valence-corrected chi connectivity index (χ1v) is 6.69. The van der Waals surface area contributed by atoms with Gasteiger partial charge in [-0.1, -0.05) is 17.7 Å². The Bertz CT molecular complexity index is 793. The average molecular weight is 294 g/mol. The maximum absolute atomic E-state index is 10.9. The highest BCUT2D eigenvalue weighted by molar-refractivity contribution is 7.15. The van der Waals surface area contributed by atoms with Crippen molar-refractivity contribution >= 4 is 33.6 Å². The number of fused-ring (bicyclic) bond motifs is 1. The van der Waals surface area contributed by atoms with Crippen LogP contribution in [0, 0.1) is 17.0 Å². The van der Waals surface area contributed by atoms with Gasteiger partial charge in [-0.25, -0.2) is 4.98 Å². The second kappa shape index (κ2) is 4.32. The molecular weight excluding hydrogens is 286 g/mol. The van der Waals surface area contributed by atoms with Gasteiger partial charge in [0.15, 0.2) is 4.96 Å². The summed E-state index contributed by atoms with van der Waals surface area (Å²) in [6.07, 6.45) is 1.87. The molecule has 0 amide bonds. The van der Waals surface area contributed by atoms with Crippen LogP contribution in [0.5, 0.6) is 0 Å². The lowest BCUT2D eigenvalue weighted by molar-refractivity contribution is -0.384. The quantitative estimate of drug-likeness (QED) is 0.531. The van der Waals surface area contributed by atoms with Gasteiger partial charge in [-0.2, -0.15) is 0 Å². The fourth-order valence-electron chi connectivity index (χ4n) is 1.84. The van der Waals surface area contributed by atoms with E-state index >= 15 is 0 Å². The first kappa shape index (κ1) is 12.1. The molecule has 0 aliphatic heterocycles. The second-order valence-electron chi connectivity index (χ2n) is 4.08. The van der Waals surface area contributed by atoms with Crippen LogP contribution in [-0.2, 0) is 0 Å². The van der Waals surface area contributed by atoms with Gasteiger partial charge in [-0.3, -0.25) is 14.5 Å². The van der Waals surface area contributed by atoms with Gasteiger partial charge < -0.3 is 0 Å². The van der Waals surface area contributed by atoms with Crippen molar-refractivity contribution in [3.8, 4) is 11.3 Å². The van der Waals surface area contributed by atoms with E-state index in [2.05, 4.69) is 4.98 Å². The van der Waals surface area contributed by atoms with Crippen LogP contribution in [0.2, 0.25) is 5.02 Å². The zero-order chi connectivity index (χ0) is 13.6. The van der Waals surface area contributed by atoms with Gasteiger partial charge in [0.2, 0.25) is 0 Å². The summed E-state index contributed by atoms with van der Waals surface area (Å²) in [5.74, 6) is 0. The minimum atomic E-state index is -0.491. The van der Waals surface area contributed by atoms with Crippen molar-refractivity contribution in [3.05, 3.63) is 50.6 Å². The molecule has 0 atom stereocenters. The summed E-state index contributed by atoms with van der Waals surface area (Å²) in [5, 5.41) is 13.0. The molecular formula is C12H8ClN3O2S. The molecule has 5 nitrogen and oxygen atoms in total. The number of nitro groups is 1. The third kappa shape index (κ3) is 1.98. The number of aromatic nitrogens is 2. The largest absolute Gasteiger partial charge is 0.294 e. The molecule has 0 bridgehead atoms. The normalized spacial score (nSPS) is 11.1. The summed E-state index contributed by atoms with van der Waals surface area (Å²) in [7, 11) is 0. The van der Waals surface area contributed by atoms with E-state index < -0.39 is 4.92 Å². The molecule has 7 heteroatoms. The fraction of sp³-hybridized carbons (Fsp3) is 0.0833. The van der Waals surface area contributed by atoms with E-state index in [1.165, 1.54) is 23.5 Å². The molecule has 3 aromatic rings. The highest BCUT2D eigenvalue weighted by Gasteiger charge is 2.15. The monoisotopic (exact) mass is 293 g/mol. The second-order valence-corrected chi connectivity index (χ2v) is 5.32. The Hall–Kier alpha value is -1.92. The number of thiazole rings is 1. The van der Waals surface area contributed by atoms with Crippen LogP contribution >= 0.6 is 22.9 Å². The molecule has 0 unspecified atom stereocenters. The Morgan fingerprint density at radius 2 is 2.26 bits per heavy atom. The Labute approximate surface area is 117 Å². The Morgan fingerprint density at radius 3 is 2.95 bits per heavy atom. The third-order valence-electron chi connectivity index (χ3n) is 2.83. The number of nitrogens with zero attached hydrogens (tertiary/aromatic N) is 3. The van der Waals surface area contributed by atoms with E-state index in [0.717, 1.165) is 10.7 Å². The van der Waals surface area contributed by atoms with Crippen molar-refractivity contribution < 1.29 is 4.92 Å². The SMILES string of the molecule is Cc1csc2nc(-c3ccc(Cl)c([N+](=O)[O-])c3)cn12. The van der Waals surface area contributed by atoms with E-state index in [0.29, 0.717) is 11.3 Å². The van der Waals surface area contributed by atoms with Gasteiger partial charge in [-0.05, 0) is 13.0 Å². The van der Waals surface area contributed by atoms with Crippen molar-refractivity contribution in [1.82, 2.24) is 9.38 Å². The van der Waals surface area contributed by atoms with Crippen LogP contribution in [0.3, 0.4) is 0 Å². The summed E-state index contributed by atoms with van der Waals surface area (Å²) in [6, 6.07) is 4.70. The number of hydrogen-bond acceptors (Lipinski definition) is 4. The lowest BCUT2D eigenvalue weighted by Gasteiger charge is -1.98. The lowest BCUT2D eigenvalue weighted by Crippen LogP contribution is -1.90. The molecule has 0 aliphatic rings. The van der Waals surface area contributed by atoms with Crippen LogP contribution < -0.4 is 0 Å². The van der Waals surface area contributed by atoms with Gasteiger partial charge in [0.05, 0.1) is 10.6 Å². The fourth-order valence-corrected chi connectivity index (χ4v) is 2.88.